The van der Waals surface area contributed by atoms with Crippen LogP contribution in [0, 0.1) is 5.92 Å². The molecule has 0 unspecified atom stereocenters. The van der Waals surface area contributed by atoms with Crippen molar-refractivity contribution in [1.29, 1.82) is 0 Å². The molecular weight excluding hydrogens is 276 g/mol. The van der Waals surface area contributed by atoms with Gasteiger partial charge in [0.15, 0.2) is 0 Å². The zero-order valence-corrected chi connectivity index (χ0v) is 12.8. The zero-order chi connectivity index (χ0) is 14.8. The number of likely N-dealkylation sites (tertiary alicyclic amines) is 1. The number of nitrogens with zero attached hydrogens (tertiary/aromatic N) is 2. The number of hydrogen-bond donors (Lipinski definition) is 1. The van der Waals surface area contributed by atoms with Crippen molar-refractivity contribution >= 4 is 10.0 Å². The van der Waals surface area contributed by atoms with Crippen LogP contribution in [0.5, 0.6) is 0 Å². The molecule has 0 spiro atoms. The van der Waals surface area contributed by atoms with Crippen LogP contribution in [0.25, 0.3) is 0 Å². The average molecular weight is 298 g/mol. The minimum Gasteiger partial charge on any atom is -0.391 e. The monoisotopic (exact) mass is 298 g/mol. The second kappa shape index (κ2) is 6.22. The zero-order valence-electron chi connectivity index (χ0n) is 11.9. The van der Waals surface area contributed by atoms with Crippen LogP contribution in [0.3, 0.4) is 0 Å². The number of rotatable bonds is 5. The van der Waals surface area contributed by atoms with Crippen molar-refractivity contribution in [3.63, 3.8) is 0 Å². The molecule has 1 fully saturated rings. The van der Waals surface area contributed by atoms with Crippen LogP contribution >= 0.6 is 0 Å². The van der Waals surface area contributed by atoms with E-state index >= 15 is 0 Å². The molecule has 0 aliphatic carbocycles. The summed E-state index contributed by atoms with van der Waals surface area (Å²) in [6.07, 6.45) is -0.576. The number of benzene rings is 1. The van der Waals surface area contributed by atoms with E-state index in [9.17, 15) is 13.5 Å². The number of β-amino-alcohol motifs (C(OH)–C–C–N with tert-alkyl or cyclic N) is 1. The van der Waals surface area contributed by atoms with Gasteiger partial charge in [0.2, 0.25) is 10.0 Å². The molecule has 20 heavy (non-hydrogen) atoms. The summed E-state index contributed by atoms with van der Waals surface area (Å²) >= 11 is 0. The van der Waals surface area contributed by atoms with E-state index < -0.39 is 16.1 Å². The number of aliphatic hydroxyl groups excluding tert-OH is 1. The van der Waals surface area contributed by atoms with E-state index in [-0.39, 0.29) is 11.7 Å². The van der Waals surface area contributed by atoms with Crippen molar-refractivity contribution in [3.8, 4) is 0 Å². The van der Waals surface area contributed by atoms with E-state index in [0.29, 0.717) is 13.1 Å². The molecule has 2 rings (SSSR count). The highest BCUT2D eigenvalue weighted by atomic mass is 32.2. The third-order valence-electron chi connectivity index (χ3n) is 3.71. The summed E-state index contributed by atoms with van der Waals surface area (Å²) in [4.78, 5) is 2.11. The van der Waals surface area contributed by atoms with Crippen LogP contribution in [0.4, 0.5) is 0 Å². The predicted octanol–water partition coefficient (Wildman–Crippen LogP) is 0.371. The highest BCUT2D eigenvalue weighted by Crippen LogP contribution is 2.21. The molecule has 1 saturated heterocycles. The third-order valence-corrected chi connectivity index (χ3v) is 5.67. The van der Waals surface area contributed by atoms with Gasteiger partial charge in [-0.2, -0.15) is 0 Å². The summed E-state index contributed by atoms with van der Waals surface area (Å²) in [5, 5.41) is 10.1. The van der Waals surface area contributed by atoms with Crippen LogP contribution < -0.4 is 0 Å². The molecule has 0 radical (unpaired) electrons. The van der Waals surface area contributed by atoms with E-state index in [1.165, 1.54) is 24.0 Å². The van der Waals surface area contributed by atoms with Gasteiger partial charge in [-0.1, -0.05) is 30.3 Å². The Balaban J connectivity index is 1.96. The molecule has 0 bridgehead atoms. The van der Waals surface area contributed by atoms with Gasteiger partial charge in [-0.25, -0.2) is 12.7 Å². The molecule has 1 aliphatic rings. The lowest BCUT2D eigenvalue weighted by Crippen LogP contribution is -2.33. The van der Waals surface area contributed by atoms with E-state index in [2.05, 4.69) is 4.90 Å². The largest absolute Gasteiger partial charge is 0.391 e. The second-order valence-electron chi connectivity index (χ2n) is 5.57. The van der Waals surface area contributed by atoms with Gasteiger partial charge in [0, 0.05) is 39.6 Å². The first-order chi connectivity index (χ1) is 9.38. The van der Waals surface area contributed by atoms with Crippen molar-refractivity contribution in [2.24, 2.45) is 5.92 Å². The summed E-state index contributed by atoms with van der Waals surface area (Å²) < 4.78 is 25.0. The summed E-state index contributed by atoms with van der Waals surface area (Å²) in [7, 11) is -0.212. The molecule has 1 aromatic rings. The van der Waals surface area contributed by atoms with Crippen LogP contribution in [-0.2, 0) is 16.6 Å². The standard InChI is InChI=1S/C14H22N2O3S/c1-15(2)20(18,19)11-13-9-16(10-14(13)17)8-12-6-4-3-5-7-12/h3-7,13-14,17H,8-11H2,1-2H3/t13-,14+/m0/s1. The lowest BCUT2D eigenvalue weighted by Gasteiger charge is -2.18. The maximum Gasteiger partial charge on any atom is 0.214 e. The van der Waals surface area contributed by atoms with Crippen molar-refractivity contribution < 1.29 is 13.5 Å². The molecular formula is C14H22N2O3S. The first-order valence-corrected chi connectivity index (χ1v) is 8.34. The van der Waals surface area contributed by atoms with Crippen LogP contribution in [-0.4, -0.2) is 61.8 Å². The Morgan fingerprint density at radius 1 is 1.25 bits per heavy atom. The Hall–Kier alpha value is -0.950. The Labute approximate surface area is 120 Å². The number of sulfonamides is 1. The first kappa shape index (κ1) is 15.4. The van der Waals surface area contributed by atoms with Crippen molar-refractivity contribution in [1.82, 2.24) is 9.21 Å². The first-order valence-electron chi connectivity index (χ1n) is 6.73. The van der Waals surface area contributed by atoms with Gasteiger partial charge in [-0.05, 0) is 5.56 Å². The molecule has 1 N–H and O–H groups in total. The van der Waals surface area contributed by atoms with Gasteiger partial charge < -0.3 is 5.11 Å². The third kappa shape index (κ3) is 3.79. The highest BCUT2D eigenvalue weighted by Gasteiger charge is 2.35. The maximum atomic E-state index is 11.9. The average Bonchev–Trinajstić information content (AvgIpc) is 2.70. The fourth-order valence-corrected chi connectivity index (χ4v) is 3.66. The van der Waals surface area contributed by atoms with Gasteiger partial charge in [0.05, 0.1) is 11.9 Å². The van der Waals surface area contributed by atoms with Gasteiger partial charge in [-0.15, -0.1) is 0 Å². The van der Waals surface area contributed by atoms with E-state index in [0.717, 1.165) is 6.54 Å². The van der Waals surface area contributed by atoms with Crippen molar-refractivity contribution in [3.05, 3.63) is 35.9 Å². The Kier molecular flexibility index (Phi) is 4.80. The predicted molar refractivity (Wildman–Crippen MR) is 78.7 cm³/mol. The lowest BCUT2D eigenvalue weighted by atomic mass is 10.1. The molecule has 5 nitrogen and oxygen atoms in total. The van der Waals surface area contributed by atoms with E-state index in [4.69, 9.17) is 0 Å². The highest BCUT2D eigenvalue weighted by molar-refractivity contribution is 7.89. The van der Waals surface area contributed by atoms with E-state index in [1.54, 1.807) is 0 Å². The number of hydrogen-bond acceptors (Lipinski definition) is 4. The van der Waals surface area contributed by atoms with Gasteiger partial charge in [-0.3, -0.25) is 4.90 Å². The molecule has 0 amide bonds. The van der Waals surface area contributed by atoms with Crippen LogP contribution in [0.2, 0.25) is 0 Å². The minimum absolute atomic E-state index is 0.00641. The molecule has 1 aliphatic heterocycles. The summed E-state index contributed by atoms with van der Waals surface area (Å²) in [5.74, 6) is -0.210. The molecule has 6 heteroatoms. The summed E-state index contributed by atoms with van der Waals surface area (Å²) in [6.45, 7) is 1.89. The Bertz CT molecular complexity index is 531. The maximum absolute atomic E-state index is 11.9. The molecule has 1 heterocycles. The van der Waals surface area contributed by atoms with E-state index in [1.807, 2.05) is 30.3 Å². The fourth-order valence-electron chi connectivity index (χ4n) is 2.50. The SMILES string of the molecule is CN(C)S(=O)(=O)C[C@@H]1CN(Cc2ccccc2)C[C@H]1O. The van der Waals surface area contributed by atoms with Crippen LogP contribution in [0.15, 0.2) is 30.3 Å². The molecule has 112 valence electrons. The van der Waals surface area contributed by atoms with Crippen molar-refractivity contribution in [2.45, 2.75) is 12.6 Å². The molecule has 0 saturated carbocycles. The van der Waals surface area contributed by atoms with Gasteiger partial charge in [0.1, 0.15) is 0 Å². The molecule has 2 atom stereocenters. The minimum atomic E-state index is -3.26. The quantitative estimate of drug-likeness (QED) is 0.853. The fraction of sp³-hybridized carbons (Fsp3) is 0.571. The normalized spacial score (nSPS) is 24.4. The Morgan fingerprint density at radius 2 is 1.90 bits per heavy atom. The Morgan fingerprint density at radius 3 is 2.50 bits per heavy atom. The smallest absolute Gasteiger partial charge is 0.214 e. The molecule has 0 aromatic heterocycles. The lowest BCUT2D eigenvalue weighted by molar-refractivity contribution is 0.148. The number of aliphatic hydroxyl groups is 1. The van der Waals surface area contributed by atoms with Gasteiger partial charge in [0.25, 0.3) is 0 Å². The van der Waals surface area contributed by atoms with Crippen molar-refractivity contribution in [2.75, 3.05) is 32.9 Å². The topological polar surface area (TPSA) is 60.9 Å². The van der Waals surface area contributed by atoms with Gasteiger partial charge >= 0.3 is 0 Å². The second-order valence-corrected chi connectivity index (χ2v) is 7.80. The summed E-state index contributed by atoms with van der Waals surface area (Å²) in [6, 6.07) is 10.0. The van der Waals surface area contributed by atoms with Crippen LogP contribution in [0.1, 0.15) is 5.56 Å². The summed E-state index contributed by atoms with van der Waals surface area (Å²) in [5.41, 5.74) is 1.18. The molecule has 1 aromatic carbocycles.